The first-order valence-corrected chi connectivity index (χ1v) is 6.03. The number of hydrogen-bond acceptors (Lipinski definition) is 4. The number of methoxy groups -OCH3 is 2. The Bertz CT molecular complexity index is 362. The number of hydrogen-bond donors (Lipinski definition) is 1. The van der Waals surface area contributed by atoms with Crippen molar-refractivity contribution in [2.45, 2.75) is 12.8 Å². The zero-order valence-electron chi connectivity index (χ0n) is 10.5. The lowest BCUT2D eigenvalue weighted by Crippen LogP contribution is -2.32. The van der Waals surface area contributed by atoms with E-state index in [-0.39, 0.29) is 0 Å². The maximum atomic E-state index is 5.38. The highest BCUT2D eigenvalue weighted by Gasteiger charge is 2.12. The summed E-state index contributed by atoms with van der Waals surface area (Å²) < 4.78 is 10.6. The van der Waals surface area contributed by atoms with Crippen LogP contribution in [0.2, 0.25) is 0 Å². The van der Waals surface area contributed by atoms with Crippen LogP contribution in [0.5, 0.6) is 11.5 Å². The number of nitrogens with zero attached hydrogens (tertiary/aromatic N) is 1. The number of benzene rings is 1. The molecule has 4 heteroatoms. The Hall–Kier alpha value is -1.26. The van der Waals surface area contributed by atoms with Crippen molar-refractivity contribution >= 4 is 0 Å². The monoisotopic (exact) mass is 236 g/mol. The molecule has 1 aromatic rings. The fraction of sp³-hybridized carbons (Fsp3) is 0.538. The average Bonchev–Trinajstić information content (AvgIpc) is 2.89. The number of ether oxygens (including phenoxy) is 2. The molecule has 0 aromatic heterocycles. The van der Waals surface area contributed by atoms with Crippen molar-refractivity contribution in [1.29, 1.82) is 0 Å². The van der Waals surface area contributed by atoms with Gasteiger partial charge in [-0.15, -0.1) is 0 Å². The molecule has 1 aliphatic heterocycles. The van der Waals surface area contributed by atoms with E-state index in [9.17, 15) is 0 Å². The van der Waals surface area contributed by atoms with Gasteiger partial charge in [0, 0.05) is 25.7 Å². The van der Waals surface area contributed by atoms with Crippen LogP contribution in [0.3, 0.4) is 0 Å². The Morgan fingerprint density at radius 3 is 2.82 bits per heavy atom. The molecule has 1 heterocycles. The summed E-state index contributed by atoms with van der Waals surface area (Å²) in [5, 5.41) is 2.27. The molecule has 0 atom stereocenters. The van der Waals surface area contributed by atoms with E-state index >= 15 is 0 Å². The second kappa shape index (κ2) is 5.89. The smallest absolute Gasteiger partial charge is 0.125 e. The van der Waals surface area contributed by atoms with Gasteiger partial charge in [-0.2, -0.15) is 0 Å². The fourth-order valence-electron chi connectivity index (χ4n) is 2.09. The molecule has 1 fully saturated rings. The largest absolute Gasteiger partial charge is 0.497 e. The molecule has 0 saturated carbocycles. The van der Waals surface area contributed by atoms with Crippen LogP contribution in [0.1, 0.15) is 12.0 Å². The maximum absolute atomic E-state index is 5.38. The maximum Gasteiger partial charge on any atom is 0.125 e. The van der Waals surface area contributed by atoms with Crippen molar-refractivity contribution < 1.29 is 9.47 Å². The van der Waals surface area contributed by atoms with Gasteiger partial charge in [0.25, 0.3) is 0 Å². The molecule has 94 valence electrons. The summed E-state index contributed by atoms with van der Waals surface area (Å²) in [4.78, 5) is 0. The van der Waals surface area contributed by atoms with Crippen LogP contribution in [0.15, 0.2) is 18.2 Å². The van der Waals surface area contributed by atoms with Crippen molar-refractivity contribution in [3.63, 3.8) is 0 Å². The quantitative estimate of drug-likeness (QED) is 0.839. The Labute approximate surface area is 102 Å². The van der Waals surface area contributed by atoms with E-state index in [0.717, 1.165) is 37.6 Å². The van der Waals surface area contributed by atoms with E-state index in [4.69, 9.17) is 9.47 Å². The molecule has 1 aliphatic rings. The topological polar surface area (TPSA) is 33.7 Å². The van der Waals surface area contributed by atoms with Gasteiger partial charge < -0.3 is 9.47 Å². The van der Waals surface area contributed by atoms with E-state index < -0.39 is 0 Å². The van der Waals surface area contributed by atoms with Crippen molar-refractivity contribution in [3.05, 3.63) is 23.8 Å². The third-order valence-corrected chi connectivity index (χ3v) is 3.09. The molecule has 1 N–H and O–H groups in total. The first kappa shape index (κ1) is 12.2. The van der Waals surface area contributed by atoms with E-state index in [0.29, 0.717) is 0 Å². The SMILES string of the molecule is COc1ccc(CCN2CCCN2)c(OC)c1. The summed E-state index contributed by atoms with van der Waals surface area (Å²) in [6.07, 6.45) is 2.22. The van der Waals surface area contributed by atoms with Crippen molar-refractivity contribution in [1.82, 2.24) is 10.4 Å². The predicted octanol–water partition coefficient (Wildman–Crippen LogP) is 1.46. The Morgan fingerprint density at radius 1 is 1.29 bits per heavy atom. The van der Waals surface area contributed by atoms with Crippen LogP contribution in [0, 0.1) is 0 Å². The summed E-state index contributed by atoms with van der Waals surface area (Å²) in [5.41, 5.74) is 4.58. The highest BCUT2D eigenvalue weighted by atomic mass is 16.5. The molecule has 0 radical (unpaired) electrons. The third-order valence-electron chi connectivity index (χ3n) is 3.09. The normalized spacial score (nSPS) is 16.1. The third kappa shape index (κ3) is 3.11. The molecule has 4 nitrogen and oxygen atoms in total. The minimum absolute atomic E-state index is 0.838. The van der Waals surface area contributed by atoms with Crippen LogP contribution < -0.4 is 14.9 Å². The lowest BCUT2D eigenvalue weighted by molar-refractivity contribution is 0.256. The van der Waals surface area contributed by atoms with Crippen LogP contribution in [0.25, 0.3) is 0 Å². The lowest BCUT2D eigenvalue weighted by Gasteiger charge is -2.16. The predicted molar refractivity (Wildman–Crippen MR) is 67.4 cm³/mol. The van der Waals surface area contributed by atoms with Crippen LogP contribution >= 0.6 is 0 Å². The molecule has 0 bridgehead atoms. The molecule has 0 amide bonds. The summed E-state index contributed by atoms with van der Waals surface area (Å²) in [5.74, 6) is 1.74. The summed E-state index contributed by atoms with van der Waals surface area (Å²) in [6.45, 7) is 3.25. The Morgan fingerprint density at radius 2 is 2.18 bits per heavy atom. The molecule has 0 spiro atoms. The molecule has 0 unspecified atom stereocenters. The van der Waals surface area contributed by atoms with Crippen LogP contribution in [0.4, 0.5) is 0 Å². The molecule has 1 saturated heterocycles. The highest BCUT2D eigenvalue weighted by Crippen LogP contribution is 2.25. The molecule has 0 aliphatic carbocycles. The number of rotatable bonds is 5. The van der Waals surface area contributed by atoms with Crippen molar-refractivity contribution in [3.8, 4) is 11.5 Å². The van der Waals surface area contributed by atoms with Gasteiger partial charge in [0.1, 0.15) is 11.5 Å². The van der Waals surface area contributed by atoms with Crippen LogP contribution in [-0.2, 0) is 6.42 Å². The van der Waals surface area contributed by atoms with Gasteiger partial charge in [0.05, 0.1) is 14.2 Å². The minimum atomic E-state index is 0.838. The molecule has 17 heavy (non-hydrogen) atoms. The van der Waals surface area contributed by atoms with Gasteiger partial charge in [-0.05, 0) is 24.5 Å². The standard InChI is InChI=1S/C13H20N2O2/c1-16-12-5-4-11(13(10-12)17-2)6-9-15-8-3-7-14-15/h4-5,10,14H,3,6-9H2,1-2H3. The molecule has 2 rings (SSSR count). The van der Waals surface area contributed by atoms with Gasteiger partial charge in [-0.3, -0.25) is 5.43 Å². The summed E-state index contributed by atoms with van der Waals surface area (Å²) >= 11 is 0. The number of nitrogens with one attached hydrogen (secondary N) is 1. The van der Waals surface area contributed by atoms with Crippen molar-refractivity contribution in [2.75, 3.05) is 33.9 Å². The van der Waals surface area contributed by atoms with E-state index in [1.807, 2.05) is 12.1 Å². The Kier molecular flexibility index (Phi) is 4.23. The average molecular weight is 236 g/mol. The van der Waals surface area contributed by atoms with E-state index in [1.165, 1.54) is 12.0 Å². The second-order valence-electron chi connectivity index (χ2n) is 4.18. The number of hydrazine groups is 1. The lowest BCUT2D eigenvalue weighted by atomic mass is 10.1. The van der Waals surface area contributed by atoms with Gasteiger partial charge in [-0.25, -0.2) is 5.01 Å². The van der Waals surface area contributed by atoms with Gasteiger partial charge in [-0.1, -0.05) is 6.07 Å². The van der Waals surface area contributed by atoms with Gasteiger partial charge >= 0.3 is 0 Å². The first-order chi connectivity index (χ1) is 8.33. The van der Waals surface area contributed by atoms with E-state index in [2.05, 4.69) is 16.5 Å². The van der Waals surface area contributed by atoms with Crippen LogP contribution in [-0.4, -0.2) is 38.9 Å². The highest BCUT2D eigenvalue weighted by molar-refractivity contribution is 5.40. The molecular formula is C13H20N2O2. The minimum Gasteiger partial charge on any atom is -0.497 e. The summed E-state index contributed by atoms with van der Waals surface area (Å²) in [6, 6.07) is 6.00. The van der Waals surface area contributed by atoms with Crippen molar-refractivity contribution in [2.24, 2.45) is 0 Å². The Balaban J connectivity index is 1.98. The zero-order chi connectivity index (χ0) is 12.1. The van der Waals surface area contributed by atoms with Gasteiger partial charge in [0.2, 0.25) is 0 Å². The zero-order valence-corrected chi connectivity index (χ0v) is 10.5. The van der Waals surface area contributed by atoms with E-state index in [1.54, 1.807) is 14.2 Å². The summed E-state index contributed by atoms with van der Waals surface area (Å²) in [7, 11) is 3.37. The van der Waals surface area contributed by atoms with Gasteiger partial charge in [0.15, 0.2) is 0 Å². The second-order valence-corrected chi connectivity index (χ2v) is 4.18. The first-order valence-electron chi connectivity index (χ1n) is 6.03. The molecular weight excluding hydrogens is 216 g/mol. The molecule has 1 aromatic carbocycles. The fourth-order valence-corrected chi connectivity index (χ4v) is 2.09.